The van der Waals surface area contributed by atoms with Crippen molar-refractivity contribution >= 4 is 17.6 Å². The Morgan fingerprint density at radius 3 is 2.79 bits per heavy atom. The second kappa shape index (κ2) is 4.14. The van der Waals surface area contributed by atoms with E-state index in [0.29, 0.717) is 18.2 Å². The Balaban J connectivity index is 2.43. The largest absolute Gasteiger partial charge is 0.383 e. The van der Waals surface area contributed by atoms with E-state index in [9.17, 15) is 0 Å². The number of nitrogen functional groups attached to an aromatic ring is 1. The topological polar surface area (TPSA) is 77.8 Å². The predicted octanol–water partition coefficient (Wildman–Crippen LogP) is 0.349. The summed E-state index contributed by atoms with van der Waals surface area (Å²) in [6, 6.07) is 0. The highest BCUT2D eigenvalue weighted by atomic mass is 32.2. The van der Waals surface area contributed by atoms with Crippen LogP contribution < -0.4 is 11.5 Å². The molecule has 5 heteroatoms. The molecule has 4 N–H and O–H groups in total. The fourth-order valence-electron chi connectivity index (χ4n) is 1.62. The average Bonchev–Trinajstić information content (AvgIpc) is 2.42. The molecular weight excluding hydrogens is 196 g/mol. The lowest BCUT2D eigenvalue weighted by atomic mass is 10.1. The fourth-order valence-corrected chi connectivity index (χ4v) is 2.51. The molecule has 1 aliphatic rings. The van der Waals surface area contributed by atoms with Crippen LogP contribution in [0.1, 0.15) is 17.1 Å². The van der Waals surface area contributed by atoms with Crippen LogP contribution in [0.5, 0.6) is 0 Å². The summed E-state index contributed by atoms with van der Waals surface area (Å²) in [5.74, 6) is 3.52. The molecule has 0 atom stereocenters. The number of rotatable bonds is 1. The van der Waals surface area contributed by atoms with Crippen LogP contribution in [0.4, 0.5) is 5.82 Å². The zero-order valence-electron chi connectivity index (χ0n) is 7.99. The molecule has 0 bridgehead atoms. The van der Waals surface area contributed by atoms with Crippen molar-refractivity contribution < 1.29 is 0 Å². The molecule has 2 heterocycles. The Morgan fingerprint density at radius 2 is 2.00 bits per heavy atom. The Morgan fingerprint density at radius 1 is 1.21 bits per heavy atom. The molecule has 2 rings (SSSR count). The SMILES string of the molecule is NCc1nc(N)c2c(n1)CCSCC2. The van der Waals surface area contributed by atoms with Gasteiger partial charge in [0.15, 0.2) is 0 Å². The van der Waals surface area contributed by atoms with Crippen LogP contribution in [-0.4, -0.2) is 21.5 Å². The van der Waals surface area contributed by atoms with Crippen LogP contribution >= 0.6 is 11.8 Å². The first-order chi connectivity index (χ1) is 6.81. The van der Waals surface area contributed by atoms with Gasteiger partial charge in [0.2, 0.25) is 0 Å². The fraction of sp³-hybridized carbons (Fsp3) is 0.556. The number of nitrogens with two attached hydrogens (primary N) is 2. The molecule has 0 amide bonds. The van der Waals surface area contributed by atoms with E-state index >= 15 is 0 Å². The highest BCUT2D eigenvalue weighted by Gasteiger charge is 2.14. The monoisotopic (exact) mass is 210 g/mol. The molecule has 0 aromatic carbocycles. The zero-order chi connectivity index (χ0) is 9.97. The molecule has 1 aromatic rings. The van der Waals surface area contributed by atoms with Crippen molar-refractivity contribution in [3.63, 3.8) is 0 Å². The van der Waals surface area contributed by atoms with Crippen molar-refractivity contribution in [1.82, 2.24) is 9.97 Å². The maximum absolute atomic E-state index is 5.87. The second-order valence-electron chi connectivity index (χ2n) is 3.27. The Bertz CT molecular complexity index is 340. The Kier molecular flexibility index (Phi) is 2.88. The van der Waals surface area contributed by atoms with E-state index in [0.717, 1.165) is 35.6 Å². The minimum absolute atomic E-state index is 0.366. The summed E-state index contributed by atoms with van der Waals surface area (Å²) in [7, 11) is 0. The standard InChI is InChI=1S/C9H14N4S/c10-5-8-12-7-2-4-14-3-1-6(7)9(11)13-8/h1-5,10H2,(H2,11,12,13). The molecule has 0 saturated carbocycles. The summed E-state index contributed by atoms with van der Waals surface area (Å²) in [4.78, 5) is 8.60. The van der Waals surface area contributed by atoms with Gasteiger partial charge in [-0.2, -0.15) is 11.8 Å². The van der Waals surface area contributed by atoms with Gasteiger partial charge in [0.25, 0.3) is 0 Å². The molecule has 1 aliphatic heterocycles. The normalized spacial score (nSPS) is 16.1. The van der Waals surface area contributed by atoms with Crippen molar-refractivity contribution in [2.45, 2.75) is 19.4 Å². The number of aromatic nitrogens is 2. The number of hydrogen-bond acceptors (Lipinski definition) is 5. The third-order valence-electron chi connectivity index (χ3n) is 2.33. The van der Waals surface area contributed by atoms with Gasteiger partial charge in [-0.3, -0.25) is 0 Å². The summed E-state index contributed by atoms with van der Waals surface area (Å²) in [6.07, 6.45) is 1.97. The van der Waals surface area contributed by atoms with Crippen molar-refractivity contribution in [3.8, 4) is 0 Å². The lowest BCUT2D eigenvalue weighted by Crippen LogP contribution is -2.12. The quantitative estimate of drug-likeness (QED) is 0.699. The molecule has 1 aromatic heterocycles. The maximum atomic E-state index is 5.87. The minimum Gasteiger partial charge on any atom is -0.383 e. The minimum atomic E-state index is 0.366. The van der Waals surface area contributed by atoms with E-state index < -0.39 is 0 Å². The highest BCUT2D eigenvalue weighted by molar-refractivity contribution is 7.99. The number of aryl methyl sites for hydroxylation is 1. The van der Waals surface area contributed by atoms with Gasteiger partial charge in [-0.05, 0) is 24.3 Å². The third-order valence-corrected chi connectivity index (χ3v) is 3.32. The number of fused-ring (bicyclic) bond motifs is 1. The number of anilines is 1. The third kappa shape index (κ3) is 1.83. The second-order valence-corrected chi connectivity index (χ2v) is 4.49. The predicted molar refractivity (Wildman–Crippen MR) is 59.1 cm³/mol. The molecule has 76 valence electrons. The Labute approximate surface area is 87.5 Å². The van der Waals surface area contributed by atoms with Gasteiger partial charge in [-0.25, -0.2) is 9.97 Å². The van der Waals surface area contributed by atoms with Crippen LogP contribution in [0, 0.1) is 0 Å². The van der Waals surface area contributed by atoms with Gasteiger partial charge in [0.1, 0.15) is 11.6 Å². The van der Waals surface area contributed by atoms with E-state index in [4.69, 9.17) is 11.5 Å². The van der Waals surface area contributed by atoms with Gasteiger partial charge >= 0.3 is 0 Å². The molecule has 0 spiro atoms. The first kappa shape index (κ1) is 9.73. The van der Waals surface area contributed by atoms with E-state index in [1.165, 1.54) is 0 Å². The maximum Gasteiger partial charge on any atom is 0.144 e. The van der Waals surface area contributed by atoms with E-state index in [1.54, 1.807) is 0 Å². The molecule has 0 unspecified atom stereocenters. The first-order valence-electron chi connectivity index (χ1n) is 4.73. The summed E-state index contributed by atoms with van der Waals surface area (Å²) >= 11 is 1.94. The molecule has 0 radical (unpaired) electrons. The number of hydrogen-bond donors (Lipinski definition) is 2. The van der Waals surface area contributed by atoms with Crippen LogP contribution in [0.3, 0.4) is 0 Å². The van der Waals surface area contributed by atoms with Crippen molar-refractivity contribution in [1.29, 1.82) is 0 Å². The summed E-state index contributed by atoms with van der Waals surface area (Å²) < 4.78 is 0. The van der Waals surface area contributed by atoms with E-state index in [2.05, 4.69) is 9.97 Å². The highest BCUT2D eigenvalue weighted by Crippen LogP contribution is 2.22. The molecular formula is C9H14N4S. The number of nitrogens with zero attached hydrogens (tertiary/aromatic N) is 2. The smallest absolute Gasteiger partial charge is 0.144 e. The first-order valence-corrected chi connectivity index (χ1v) is 5.88. The van der Waals surface area contributed by atoms with Crippen LogP contribution in [0.15, 0.2) is 0 Å². The number of thioether (sulfide) groups is 1. The van der Waals surface area contributed by atoms with Crippen LogP contribution in [0.2, 0.25) is 0 Å². The molecule has 0 aliphatic carbocycles. The zero-order valence-corrected chi connectivity index (χ0v) is 8.81. The van der Waals surface area contributed by atoms with Gasteiger partial charge in [-0.1, -0.05) is 0 Å². The summed E-state index contributed by atoms with van der Waals surface area (Å²) in [5, 5.41) is 0. The van der Waals surface area contributed by atoms with E-state index in [1.807, 2.05) is 11.8 Å². The summed E-state index contributed by atoms with van der Waals surface area (Å²) in [6.45, 7) is 0.366. The Hall–Kier alpha value is -0.810. The van der Waals surface area contributed by atoms with Crippen molar-refractivity contribution in [3.05, 3.63) is 17.1 Å². The van der Waals surface area contributed by atoms with Gasteiger partial charge in [0.05, 0.1) is 12.2 Å². The van der Waals surface area contributed by atoms with Crippen molar-refractivity contribution in [2.75, 3.05) is 17.2 Å². The molecule has 4 nitrogen and oxygen atoms in total. The molecule has 0 fully saturated rings. The van der Waals surface area contributed by atoms with Gasteiger partial charge in [0, 0.05) is 5.56 Å². The van der Waals surface area contributed by atoms with Gasteiger partial charge < -0.3 is 11.5 Å². The lowest BCUT2D eigenvalue weighted by molar-refractivity contribution is 0.855. The lowest BCUT2D eigenvalue weighted by Gasteiger charge is -2.08. The van der Waals surface area contributed by atoms with Crippen LogP contribution in [0.25, 0.3) is 0 Å². The molecule has 14 heavy (non-hydrogen) atoms. The van der Waals surface area contributed by atoms with E-state index in [-0.39, 0.29) is 0 Å². The average molecular weight is 210 g/mol. The van der Waals surface area contributed by atoms with Crippen LogP contribution in [-0.2, 0) is 19.4 Å². The summed E-state index contributed by atoms with van der Waals surface area (Å²) in [5.41, 5.74) is 13.6. The molecule has 0 saturated heterocycles. The van der Waals surface area contributed by atoms with Gasteiger partial charge in [-0.15, -0.1) is 0 Å². The van der Waals surface area contributed by atoms with Crippen molar-refractivity contribution in [2.24, 2.45) is 5.73 Å².